The van der Waals surface area contributed by atoms with Crippen molar-refractivity contribution in [1.29, 1.82) is 0 Å². The molecule has 6 aromatic rings. The van der Waals surface area contributed by atoms with Gasteiger partial charge < -0.3 is 23.9 Å². The lowest BCUT2D eigenvalue weighted by Gasteiger charge is -2.34. The fourth-order valence-corrected chi connectivity index (χ4v) is 8.43. The van der Waals surface area contributed by atoms with Crippen molar-refractivity contribution in [1.82, 2.24) is 23.8 Å². The molecule has 10 nitrogen and oxygen atoms in total. The lowest BCUT2D eigenvalue weighted by molar-refractivity contribution is 0.0696. The van der Waals surface area contributed by atoms with Gasteiger partial charge >= 0.3 is 5.97 Å². The first-order valence-electron chi connectivity index (χ1n) is 18.3. The van der Waals surface area contributed by atoms with Crippen LogP contribution in [-0.4, -0.2) is 74.6 Å². The number of hydrogen-bond donors (Lipinski definition) is 1. The normalized spacial score (nSPS) is 14.5. The van der Waals surface area contributed by atoms with Gasteiger partial charge in [0, 0.05) is 58.8 Å². The van der Waals surface area contributed by atoms with Gasteiger partial charge in [0.15, 0.2) is 0 Å². The summed E-state index contributed by atoms with van der Waals surface area (Å²) in [6.45, 7) is 12.6. The number of carbonyl (C=O) groups excluding carboxylic acids is 1. The number of rotatable bonds is 11. The number of aromatic nitrogens is 4. The summed E-state index contributed by atoms with van der Waals surface area (Å²) in [7, 11) is 5.98. The van der Waals surface area contributed by atoms with Crippen molar-refractivity contribution in [2.75, 3.05) is 38.7 Å². The lowest BCUT2D eigenvalue weighted by atomic mass is 9.98. The number of carboxylic acid groups (broad SMARTS) is 1. The molecular weight excluding hydrogens is 723 g/mol. The van der Waals surface area contributed by atoms with E-state index in [9.17, 15) is 9.90 Å². The number of likely N-dealkylation sites (N-methyl/N-ethyl adjacent to an activating group) is 1. The Balaban J connectivity index is 1.36. The highest BCUT2D eigenvalue weighted by molar-refractivity contribution is 6.35. The molecule has 1 N–H and O–H groups in total. The molecule has 0 unspecified atom stereocenters. The largest absolute Gasteiger partial charge is 0.494 e. The highest BCUT2D eigenvalue weighted by atomic mass is 35.5. The minimum Gasteiger partial charge on any atom is -0.494 e. The fourth-order valence-electron chi connectivity index (χ4n) is 8.07. The van der Waals surface area contributed by atoms with Gasteiger partial charge in [-0.05, 0) is 115 Å². The predicted molar refractivity (Wildman–Crippen MR) is 217 cm³/mol. The summed E-state index contributed by atoms with van der Waals surface area (Å²) >= 11 is 13.6. The topological polar surface area (TPSA) is 97.8 Å². The molecule has 0 aliphatic carbocycles. The third-order valence-corrected chi connectivity index (χ3v) is 11.7. The van der Waals surface area contributed by atoms with E-state index in [1.807, 2.05) is 86.4 Å². The number of anilines is 1. The zero-order valence-electron chi connectivity index (χ0n) is 32.0. The first kappa shape index (κ1) is 37.5. The molecule has 54 heavy (non-hydrogen) atoms. The quantitative estimate of drug-likeness (QED) is 0.132. The molecule has 0 saturated heterocycles. The molecule has 282 valence electrons. The highest BCUT2D eigenvalue weighted by Gasteiger charge is 2.38. The van der Waals surface area contributed by atoms with E-state index in [1.54, 1.807) is 18.2 Å². The summed E-state index contributed by atoms with van der Waals surface area (Å²) in [5, 5.41) is 17.8. The van der Waals surface area contributed by atoms with Gasteiger partial charge in [0.05, 0.1) is 40.5 Å². The minimum atomic E-state index is -0.995. The van der Waals surface area contributed by atoms with Gasteiger partial charge in [-0.2, -0.15) is 5.10 Å². The molecule has 3 aromatic heterocycles. The molecule has 0 radical (unpaired) electrons. The van der Waals surface area contributed by atoms with Crippen molar-refractivity contribution >= 4 is 62.7 Å². The van der Waals surface area contributed by atoms with Crippen molar-refractivity contribution in [2.45, 2.75) is 60.0 Å². The number of amides is 1. The van der Waals surface area contributed by atoms with E-state index in [-0.39, 0.29) is 17.5 Å². The number of ether oxygens (including phenoxy) is 1. The van der Waals surface area contributed by atoms with Gasteiger partial charge in [-0.3, -0.25) is 14.4 Å². The monoisotopic (exact) mass is 768 g/mol. The Morgan fingerprint density at radius 2 is 1.74 bits per heavy atom. The molecule has 12 heteroatoms. The Hall–Kier alpha value is -4.77. The molecule has 4 heterocycles. The van der Waals surface area contributed by atoms with Crippen LogP contribution < -0.4 is 9.64 Å². The van der Waals surface area contributed by atoms with Crippen LogP contribution in [0, 0.1) is 27.7 Å². The van der Waals surface area contributed by atoms with Crippen molar-refractivity contribution in [3.8, 4) is 16.9 Å². The van der Waals surface area contributed by atoms with E-state index in [2.05, 4.69) is 23.3 Å². The molecular formula is C42H46Cl2N6O4. The molecule has 7 rings (SSSR count). The maximum atomic E-state index is 15.0. The summed E-state index contributed by atoms with van der Waals surface area (Å²) in [6, 6.07) is 14.8. The maximum absolute atomic E-state index is 15.0. The second-order valence-corrected chi connectivity index (χ2v) is 15.6. The van der Waals surface area contributed by atoms with E-state index in [4.69, 9.17) is 33.0 Å². The van der Waals surface area contributed by atoms with Crippen LogP contribution in [0.5, 0.6) is 5.75 Å². The van der Waals surface area contributed by atoms with Gasteiger partial charge in [-0.25, -0.2) is 4.79 Å². The average molecular weight is 770 g/mol. The Bertz CT molecular complexity index is 2450. The number of carbonyl (C=O) groups is 2. The molecule has 3 aromatic carbocycles. The average Bonchev–Trinajstić information content (AvgIpc) is 3.74. The molecule has 0 saturated carbocycles. The van der Waals surface area contributed by atoms with Gasteiger partial charge in [-0.1, -0.05) is 35.3 Å². The second-order valence-electron chi connectivity index (χ2n) is 14.8. The number of aryl methyl sites for hydroxylation is 5. The summed E-state index contributed by atoms with van der Waals surface area (Å²) in [5.41, 5.74) is 9.14. The van der Waals surface area contributed by atoms with Crippen LogP contribution in [0.15, 0.2) is 48.5 Å². The number of aromatic carboxylic acids is 1. The number of hydrogen-bond acceptors (Lipinski definition) is 5. The molecule has 1 aliphatic heterocycles. The van der Waals surface area contributed by atoms with Gasteiger partial charge in [0.1, 0.15) is 17.3 Å². The maximum Gasteiger partial charge on any atom is 0.335 e. The Morgan fingerprint density at radius 3 is 2.43 bits per heavy atom. The summed E-state index contributed by atoms with van der Waals surface area (Å²) in [6.07, 6.45) is 1.26. The molecule has 0 fully saturated rings. The van der Waals surface area contributed by atoms with Gasteiger partial charge in [0.2, 0.25) is 0 Å². The van der Waals surface area contributed by atoms with E-state index in [1.165, 1.54) is 0 Å². The van der Waals surface area contributed by atoms with Crippen LogP contribution in [0.1, 0.15) is 68.3 Å². The van der Waals surface area contributed by atoms with Crippen LogP contribution in [0.4, 0.5) is 5.82 Å². The summed E-state index contributed by atoms with van der Waals surface area (Å²) in [5.74, 6) is 0.355. The van der Waals surface area contributed by atoms with Crippen molar-refractivity contribution in [2.24, 2.45) is 7.05 Å². The van der Waals surface area contributed by atoms with E-state index < -0.39 is 5.97 Å². The fraction of sp³-hybridized carbons (Fsp3) is 0.357. The van der Waals surface area contributed by atoms with Gasteiger partial charge in [0.25, 0.3) is 5.91 Å². The zero-order chi connectivity index (χ0) is 38.7. The number of fused-ring (bicyclic) bond motifs is 4. The smallest absolute Gasteiger partial charge is 0.335 e. The number of nitrogens with zero attached hydrogens (tertiary/aromatic N) is 6. The number of carboxylic acids is 1. The van der Waals surface area contributed by atoms with Crippen LogP contribution >= 0.6 is 23.2 Å². The van der Waals surface area contributed by atoms with Crippen molar-refractivity contribution in [3.63, 3.8) is 0 Å². The molecule has 1 aliphatic rings. The Morgan fingerprint density at radius 1 is 1.02 bits per heavy atom. The third kappa shape index (κ3) is 6.44. The van der Waals surface area contributed by atoms with Crippen molar-refractivity contribution < 1.29 is 19.4 Å². The zero-order valence-corrected chi connectivity index (χ0v) is 33.6. The molecule has 0 spiro atoms. The van der Waals surface area contributed by atoms with Crippen LogP contribution in [0.2, 0.25) is 10.0 Å². The standard InChI is InChI=1S/C42H46Cl2N6O4/c1-23-18-30(19-24(2)38(23)44)54-17-9-10-31-32-13-14-33(43)37(36-26(4)45-49(27(36)5)16-15-46(6)7)39(32)50-25(3)22-48(41(51)40(31)50)35-21-28-11-12-29(42(52)53)20-34(28)47(35)8/h11-14,18-21,25H,9-10,15-17,22H2,1-8H3,(H,52,53)/t25-/m1/s1. The summed E-state index contributed by atoms with van der Waals surface area (Å²) < 4.78 is 12.4. The lowest BCUT2D eigenvalue weighted by Crippen LogP contribution is -2.43. The molecule has 1 atom stereocenters. The SMILES string of the molecule is Cc1cc(OCCCc2c3n(c4c(-c5c(C)nn(CCN(C)C)c5C)c(Cl)ccc24)[C@H](C)CN(c2cc4ccc(C(=O)O)cc4n2C)C3=O)cc(C)c1Cl. The van der Waals surface area contributed by atoms with Crippen LogP contribution in [0.3, 0.4) is 0 Å². The van der Waals surface area contributed by atoms with E-state index in [0.717, 1.165) is 84.9 Å². The number of benzene rings is 3. The number of halogens is 2. The first-order valence-corrected chi connectivity index (χ1v) is 19.0. The second kappa shape index (κ2) is 14.5. The molecule has 1 amide bonds. The Kier molecular flexibility index (Phi) is 10.1. The molecule has 0 bridgehead atoms. The van der Waals surface area contributed by atoms with Crippen LogP contribution in [0.25, 0.3) is 32.9 Å². The van der Waals surface area contributed by atoms with Gasteiger partial charge in [-0.15, -0.1) is 0 Å². The van der Waals surface area contributed by atoms with Crippen molar-refractivity contribution in [3.05, 3.63) is 97.9 Å². The highest BCUT2D eigenvalue weighted by Crippen LogP contribution is 2.45. The summed E-state index contributed by atoms with van der Waals surface area (Å²) in [4.78, 5) is 30.8. The minimum absolute atomic E-state index is 0.120. The predicted octanol–water partition coefficient (Wildman–Crippen LogP) is 9.03. The van der Waals surface area contributed by atoms with E-state index >= 15 is 4.79 Å². The third-order valence-electron chi connectivity index (χ3n) is 10.7. The first-order chi connectivity index (χ1) is 25.7. The Labute approximate surface area is 325 Å². The van der Waals surface area contributed by atoms with E-state index in [0.29, 0.717) is 42.5 Å². The van der Waals surface area contributed by atoms with Crippen LogP contribution in [-0.2, 0) is 20.0 Å².